The Morgan fingerprint density at radius 2 is 2.10 bits per heavy atom. The summed E-state index contributed by atoms with van der Waals surface area (Å²) in [6.45, 7) is 1.75. The Bertz CT molecular complexity index is 636. The van der Waals surface area contributed by atoms with Gasteiger partial charge in [-0.2, -0.15) is 0 Å². The number of carbonyl (C=O) groups is 3. The van der Waals surface area contributed by atoms with Gasteiger partial charge in [-0.1, -0.05) is 30.7 Å². The van der Waals surface area contributed by atoms with Crippen molar-refractivity contribution in [1.29, 1.82) is 0 Å². The fourth-order valence-corrected chi connectivity index (χ4v) is 2.32. The molecule has 1 aliphatic rings. The van der Waals surface area contributed by atoms with Gasteiger partial charge in [-0.05, 0) is 18.6 Å². The lowest BCUT2D eigenvalue weighted by Crippen LogP contribution is -2.30. The first-order chi connectivity index (χ1) is 9.47. The van der Waals surface area contributed by atoms with Gasteiger partial charge in [0.1, 0.15) is 0 Å². The molecule has 0 unspecified atom stereocenters. The minimum absolute atomic E-state index is 0.0351. The summed E-state index contributed by atoms with van der Waals surface area (Å²) < 4.78 is 0. The molecule has 0 saturated carbocycles. The van der Waals surface area contributed by atoms with Gasteiger partial charge in [-0.3, -0.25) is 9.59 Å². The fourth-order valence-electron chi connectivity index (χ4n) is 2.07. The number of nitrogens with zero attached hydrogens (tertiary/aromatic N) is 1. The van der Waals surface area contributed by atoms with Crippen molar-refractivity contribution in [2.24, 2.45) is 0 Å². The van der Waals surface area contributed by atoms with Gasteiger partial charge in [0.05, 0.1) is 16.3 Å². The van der Waals surface area contributed by atoms with E-state index in [9.17, 15) is 14.4 Å². The standard InChI is InChI=1S/C14H12ClNO4/c1-2-8(14(19)20)6-7-16-10-5-3-4-9(15)11(10)12(17)13(16)18/h3-6H,2,7H2,1H3,(H,19,20). The number of aliphatic carboxylic acids is 1. The largest absolute Gasteiger partial charge is 0.478 e. The Labute approximate surface area is 120 Å². The van der Waals surface area contributed by atoms with Gasteiger partial charge in [0.25, 0.3) is 11.7 Å². The Hall–Kier alpha value is -2.14. The molecule has 0 radical (unpaired) electrons. The van der Waals surface area contributed by atoms with E-state index in [1.165, 1.54) is 11.0 Å². The van der Waals surface area contributed by atoms with Crippen molar-refractivity contribution < 1.29 is 19.5 Å². The van der Waals surface area contributed by atoms with E-state index in [1.54, 1.807) is 25.1 Å². The zero-order chi connectivity index (χ0) is 14.9. The molecule has 0 bridgehead atoms. The SMILES string of the molecule is CCC(=CCN1C(=O)C(=O)c2c(Cl)cccc21)C(=O)O. The zero-order valence-electron chi connectivity index (χ0n) is 10.7. The minimum Gasteiger partial charge on any atom is -0.478 e. The molecule has 2 rings (SSSR count). The van der Waals surface area contributed by atoms with Gasteiger partial charge < -0.3 is 10.0 Å². The molecule has 1 N–H and O–H groups in total. The molecular weight excluding hydrogens is 282 g/mol. The fraction of sp³-hybridized carbons (Fsp3) is 0.214. The number of fused-ring (bicyclic) bond motifs is 1. The molecule has 5 nitrogen and oxygen atoms in total. The highest BCUT2D eigenvalue weighted by atomic mass is 35.5. The number of hydrogen-bond acceptors (Lipinski definition) is 3. The summed E-state index contributed by atoms with van der Waals surface area (Å²) in [6.07, 6.45) is 1.78. The summed E-state index contributed by atoms with van der Waals surface area (Å²) in [4.78, 5) is 35.9. The van der Waals surface area contributed by atoms with E-state index in [0.717, 1.165) is 0 Å². The van der Waals surface area contributed by atoms with Crippen LogP contribution in [0.1, 0.15) is 23.7 Å². The van der Waals surface area contributed by atoms with E-state index in [-0.39, 0.29) is 22.7 Å². The van der Waals surface area contributed by atoms with Crippen LogP contribution in [0, 0.1) is 0 Å². The van der Waals surface area contributed by atoms with Crippen LogP contribution >= 0.6 is 11.6 Å². The van der Waals surface area contributed by atoms with Crippen LogP contribution in [-0.2, 0) is 9.59 Å². The number of ketones is 1. The molecular formula is C14H12ClNO4. The van der Waals surface area contributed by atoms with Crippen LogP contribution in [0.2, 0.25) is 5.02 Å². The average molecular weight is 294 g/mol. The average Bonchev–Trinajstić information content (AvgIpc) is 2.65. The number of halogens is 1. The number of amides is 1. The second-order valence-corrected chi connectivity index (χ2v) is 4.67. The number of Topliss-reactive ketones (excluding diaryl/α,β-unsaturated/α-hetero) is 1. The van der Waals surface area contributed by atoms with Crippen molar-refractivity contribution in [3.63, 3.8) is 0 Å². The molecule has 1 aromatic rings. The van der Waals surface area contributed by atoms with E-state index >= 15 is 0 Å². The van der Waals surface area contributed by atoms with E-state index < -0.39 is 17.7 Å². The number of anilines is 1. The van der Waals surface area contributed by atoms with Gasteiger partial charge in [-0.15, -0.1) is 0 Å². The van der Waals surface area contributed by atoms with Crippen molar-refractivity contribution in [2.75, 3.05) is 11.4 Å². The first-order valence-electron chi connectivity index (χ1n) is 6.04. The van der Waals surface area contributed by atoms with E-state index in [2.05, 4.69) is 0 Å². The third-order valence-corrected chi connectivity index (χ3v) is 3.44. The summed E-state index contributed by atoms with van der Waals surface area (Å²) in [5.41, 5.74) is 0.797. The number of carbonyl (C=O) groups excluding carboxylic acids is 2. The zero-order valence-corrected chi connectivity index (χ0v) is 11.5. The predicted octanol–water partition coefficient (Wildman–Crippen LogP) is 2.29. The Kier molecular flexibility index (Phi) is 3.90. The lowest BCUT2D eigenvalue weighted by Gasteiger charge is -2.14. The van der Waals surface area contributed by atoms with Crippen molar-refractivity contribution in [2.45, 2.75) is 13.3 Å². The molecule has 0 aliphatic carbocycles. The molecule has 1 amide bonds. The van der Waals surface area contributed by atoms with Gasteiger partial charge in [0, 0.05) is 12.1 Å². The molecule has 1 heterocycles. The topological polar surface area (TPSA) is 74.7 Å². The minimum atomic E-state index is -1.03. The second kappa shape index (κ2) is 5.46. The van der Waals surface area contributed by atoms with Crippen LogP contribution in [-0.4, -0.2) is 29.3 Å². The number of benzene rings is 1. The maximum absolute atomic E-state index is 11.9. The van der Waals surface area contributed by atoms with Crippen molar-refractivity contribution in [3.8, 4) is 0 Å². The van der Waals surface area contributed by atoms with Gasteiger partial charge >= 0.3 is 5.97 Å². The summed E-state index contributed by atoms with van der Waals surface area (Å²) >= 11 is 5.93. The smallest absolute Gasteiger partial charge is 0.331 e. The highest BCUT2D eigenvalue weighted by Crippen LogP contribution is 2.33. The van der Waals surface area contributed by atoms with Crippen LogP contribution < -0.4 is 4.90 Å². The van der Waals surface area contributed by atoms with E-state index in [0.29, 0.717) is 12.1 Å². The Balaban J connectivity index is 2.36. The Morgan fingerprint density at radius 1 is 1.40 bits per heavy atom. The highest BCUT2D eigenvalue weighted by Gasteiger charge is 2.36. The third kappa shape index (κ3) is 2.32. The summed E-state index contributed by atoms with van der Waals surface area (Å²) in [6, 6.07) is 4.80. The summed E-state index contributed by atoms with van der Waals surface area (Å²) in [7, 11) is 0. The molecule has 0 atom stereocenters. The number of carboxylic acids is 1. The maximum Gasteiger partial charge on any atom is 0.331 e. The monoisotopic (exact) mass is 293 g/mol. The highest BCUT2D eigenvalue weighted by molar-refractivity contribution is 6.55. The van der Waals surface area contributed by atoms with Crippen LogP contribution in [0.3, 0.4) is 0 Å². The lowest BCUT2D eigenvalue weighted by atomic mass is 10.1. The van der Waals surface area contributed by atoms with Crippen LogP contribution in [0.5, 0.6) is 0 Å². The summed E-state index contributed by atoms with van der Waals surface area (Å²) in [5.74, 6) is -2.38. The van der Waals surface area contributed by atoms with Gasteiger partial charge in [-0.25, -0.2) is 4.79 Å². The molecule has 20 heavy (non-hydrogen) atoms. The van der Waals surface area contributed by atoms with Crippen LogP contribution in [0.25, 0.3) is 0 Å². The quantitative estimate of drug-likeness (QED) is 0.683. The Morgan fingerprint density at radius 3 is 2.70 bits per heavy atom. The molecule has 104 valence electrons. The second-order valence-electron chi connectivity index (χ2n) is 4.27. The lowest BCUT2D eigenvalue weighted by molar-refractivity contribution is -0.132. The van der Waals surface area contributed by atoms with Crippen LogP contribution in [0.4, 0.5) is 5.69 Å². The van der Waals surface area contributed by atoms with E-state index in [1.807, 2.05) is 0 Å². The van der Waals surface area contributed by atoms with Crippen molar-refractivity contribution in [3.05, 3.63) is 40.4 Å². The van der Waals surface area contributed by atoms with Crippen LogP contribution in [0.15, 0.2) is 29.8 Å². The van der Waals surface area contributed by atoms with Crippen molar-refractivity contribution in [1.82, 2.24) is 0 Å². The molecule has 1 aromatic carbocycles. The van der Waals surface area contributed by atoms with Gasteiger partial charge in [0.2, 0.25) is 0 Å². The molecule has 0 spiro atoms. The molecule has 6 heteroatoms. The first-order valence-corrected chi connectivity index (χ1v) is 6.42. The first kappa shape index (κ1) is 14.3. The normalized spacial score (nSPS) is 14.7. The number of rotatable bonds is 4. The molecule has 0 saturated heterocycles. The van der Waals surface area contributed by atoms with E-state index in [4.69, 9.17) is 16.7 Å². The summed E-state index contributed by atoms with van der Waals surface area (Å²) in [5, 5.41) is 9.17. The molecule has 0 fully saturated rings. The molecule has 0 aromatic heterocycles. The third-order valence-electron chi connectivity index (χ3n) is 3.12. The maximum atomic E-state index is 11.9. The predicted molar refractivity (Wildman–Crippen MR) is 74.1 cm³/mol. The molecule has 1 aliphatic heterocycles. The van der Waals surface area contributed by atoms with Gasteiger partial charge in [0.15, 0.2) is 0 Å². The number of hydrogen-bond donors (Lipinski definition) is 1. The van der Waals surface area contributed by atoms with Crippen molar-refractivity contribution >= 4 is 34.9 Å². The number of carboxylic acid groups (broad SMARTS) is 1.